The Morgan fingerprint density at radius 3 is 2.59 bits per heavy atom. The van der Waals surface area contributed by atoms with Crippen LogP contribution in [0.1, 0.15) is 23.2 Å². The van der Waals surface area contributed by atoms with E-state index in [2.05, 4.69) is 0 Å². The van der Waals surface area contributed by atoms with Crippen LogP contribution in [0.3, 0.4) is 0 Å². The Labute approximate surface area is 162 Å². The fourth-order valence-corrected chi connectivity index (χ4v) is 3.07. The summed E-state index contributed by atoms with van der Waals surface area (Å²) >= 11 is 6.18. The molecule has 3 rings (SSSR count). The molecule has 1 saturated heterocycles. The van der Waals surface area contributed by atoms with Crippen molar-refractivity contribution in [3.05, 3.63) is 59.1 Å². The van der Waals surface area contributed by atoms with Gasteiger partial charge in [-0.05, 0) is 36.8 Å². The summed E-state index contributed by atoms with van der Waals surface area (Å²) < 4.78 is 5.14. The number of anilines is 2. The van der Waals surface area contributed by atoms with Crippen molar-refractivity contribution in [2.75, 3.05) is 30.0 Å². The summed E-state index contributed by atoms with van der Waals surface area (Å²) in [7, 11) is 1.62. The third-order valence-corrected chi connectivity index (χ3v) is 4.71. The number of carbonyl (C=O) groups excluding carboxylic acids is 3. The first-order valence-corrected chi connectivity index (χ1v) is 8.94. The molecule has 2 amide bonds. The number of benzene rings is 2. The first-order chi connectivity index (χ1) is 13.0. The summed E-state index contributed by atoms with van der Waals surface area (Å²) in [6.45, 7) is 0.183. The Balaban J connectivity index is 1.66. The van der Waals surface area contributed by atoms with Crippen molar-refractivity contribution in [3.63, 3.8) is 0 Å². The molecule has 27 heavy (non-hydrogen) atoms. The van der Waals surface area contributed by atoms with Gasteiger partial charge in [-0.15, -0.1) is 0 Å². The lowest BCUT2D eigenvalue weighted by Gasteiger charge is -2.19. The number of amides is 2. The minimum absolute atomic E-state index is 0.0259. The number of halogens is 1. The number of likely N-dealkylation sites (N-methyl/N-ethyl adjacent to an activating group) is 1. The van der Waals surface area contributed by atoms with Gasteiger partial charge < -0.3 is 14.5 Å². The Bertz CT molecular complexity index is 870. The molecule has 0 N–H and O–H groups in total. The lowest BCUT2D eigenvalue weighted by molar-refractivity contribution is -0.121. The van der Waals surface area contributed by atoms with E-state index in [1.54, 1.807) is 30.1 Å². The molecule has 2 aromatic carbocycles. The zero-order chi connectivity index (χ0) is 19.4. The predicted octanol–water partition coefficient (Wildman–Crippen LogP) is 3.29. The van der Waals surface area contributed by atoms with Crippen molar-refractivity contribution in [3.8, 4) is 0 Å². The van der Waals surface area contributed by atoms with E-state index in [4.69, 9.17) is 16.3 Å². The highest BCUT2D eigenvalue weighted by Crippen LogP contribution is 2.30. The number of rotatable bonds is 5. The van der Waals surface area contributed by atoms with E-state index in [9.17, 15) is 14.4 Å². The Morgan fingerprint density at radius 2 is 1.93 bits per heavy atom. The van der Waals surface area contributed by atoms with Gasteiger partial charge in [0.25, 0.3) is 5.91 Å². The molecule has 6 nitrogen and oxygen atoms in total. The summed E-state index contributed by atoms with van der Waals surface area (Å²) in [6.07, 6.45) is 1.22. The van der Waals surface area contributed by atoms with Crippen LogP contribution in [-0.4, -0.2) is 38.0 Å². The molecule has 0 aliphatic carbocycles. The van der Waals surface area contributed by atoms with Crippen molar-refractivity contribution in [2.24, 2.45) is 0 Å². The molecule has 0 bridgehead atoms. The van der Waals surface area contributed by atoms with Gasteiger partial charge in [0.05, 0.1) is 16.3 Å². The number of hydrogen-bond donors (Lipinski definition) is 0. The van der Waals surface area contributed by atoms with Crippen molar-refractivity contribution >= 4 is 40.8 Å². The molecule has 1 heterocycles. The van der Waals surface area contributed by atoms with Gasteiger partial charge in [0.15, 0.2) is 6.61 Å². The molecule has 1 aliphatic rings. The third kappa shape index (κ3) is 4.28. The molecule has 1 aliphatic heterocycles. The van der Waals surface area contributed by atoms with Gasteiger partial charge in [0.2, 0.25) is 5.91 Å². The van der Waals surface area contributed by atoms with Crippen LogP contribution in [-0.2, 0) is 14.3 Å². The second-order valence-corrected chi connectivity index (χ2v) is 6.59. The molecule has 2 aromatic rings. The first kappa shape index (κ1) is 18.9. The van der Waals surface area contributed by atoms with Crippen LogP contribution in [0.15, 0.2) is 48.5 Å². The second kappa shape index (κ2) is 8.22. The van der Waals surface area contributed by atoms with Crippen molar-refractivity contribution in [1.29, 1.82) is 0 Å². The van der Waals surface area contributed by atoms with Gasteiger partial charge in [-0.25, -0.2) is 4.79 Å². The van der Waals surface area contributed by atoms with Gasteiger partial charge in [-0.2, -0.15) is 0 Å². The topological polar surface area (TPSA) is 66.9 Å². The molecule has 1 fully saturated rings. The summed E-state index contributed by atoms with van der Waals surface area (Å²) in [5, 5.41) is 0.390. The fourth-order valence-electron chi connectivity index (χ4n) is 2.85. The minimum atomic E-state index is -0.644. The monoisotopic (exact) mass is 386 g/mol. The molecular formula is C20H19ClN2O4. The molecule has 0 atom stereocenters. The molecule has 0 aromatic heterocycles. The highest BCUT2D eigenvalue weighted by molar-refractivity contribution is 6.34. The Morgan fingerprint density at radius 1 is 1.19 bits per heavy atom. The van der Waals surface area contributed by atoms with E-state index in [0.717, 1.165) is 6.42 Å². The first-order valence-electron chi connectivity index (χ1n) is 8.56. The maximum absolute atomic E-state index is 12.3. The summed E-state index contributed by atoms with van der Waals surface area (Å²) in [5.74, 6) is -1.02. The van der Waals surface area contributed by atoms with E-state index in [1.807, 2.05) is 18.2 Å². The van der Waals surface area contributed by atoms with Gasteiger partial charge >= 0.3 is 5.97 Å². The van der Waals surface area contributed by atoms with Crippen LogP contribution < -0.4 is 9.80 Å². The quantitative estimate of drug-likeness (QED) is 0.739. The zero-order valence-corrected chi connectivity index (χ0v) is 15.6. The number of carbonyl (C=O) groups is 3. The van der Waals surface area contributed by atoms with Crippen LogP contribution in [0.2, 0.25) is 5.02 Å². The number of ether oxygens (including phenoxy) is 1. The highest BCUT2D eigenvalue weighted by atomic mass is 35.5. The third-order valence-electron chi connectivity index (χ3n) is 4.39. The number of esters is 1. The van der Waals surface area contributed by atoms with Crippen LogP contribution >= 0.6 is 11.6 Å². The molecule has 0 spiro atoms. The maximum Gasteiger partial charge on any atom is 0.338 e. The second-order valence-electron chi connectivity index (χ2n) is 6.18. The summed E-state index contributed by atoms with van der Waals surface area (Å²) in [4.78, 5) is 39.5. The van der Waals surface area contributed by atoms with E-state index < -0.39 is 5.97 Å². The van der Waals surface area contributed by atoms with Crippen LogP contribution in [0.5, 0.6) is 0 Å². The number of para-hydroxylation sites is 1. The lowest BCUT2D eigenvalue weighted by atomic mass is 10.2. The SMILES string of the molecule is CN(C(=O)COC(=O)c1ccc(Cl)c(N2CCCC2=O)c1)c1ccccc1. The standard InChI is InChI=1S/C20H19ClN2O4/c1-22(15-6-3-2-4-7-15)19(25)13-27-20(26)14-9-10-16(21)17(12-14)23-11-5-8-18(23)24/h2-4,6-7,9-10,12H,5,8,11,13H2,1H3. The lowest BCUT2D eigenvalue weighted by Crippen LogP contribution is -2.31. The molecule has 0 unspecified atom stereocenters. The normalized spacial score (nSPS) is 13.6. The van der Waals surface area contributed by atoms with Crippen molar-refractivity contribution in [1.82, 2.24) is 0 Å². The largest absolute Gasteiger partial charge is 0.452 e. The molecule has 7 heteroatoms. The molecule has 0 radical (unpaired) electrons. The fraction of sp³-hybridized carbons (Fsp3) is 0.250. The summed E-state index contributed by atoms with van der Waals surface area (Å²) in [6, 6.07) is 13.7. The Hall–Kier alpha value is -2.86. The van der Waals surface area contributed by atoms with Crippen LogP contribution in [0.25, 0.3) is 0 Å². The average molecular weight is 387 g/mol. The average Bonchev–Trinajstić information content (AvgIpc) is 3.12. The minimum Gasteiger partial charge on any atom is -0.452 e. The van der Waals surface area contributed by atoms with Gasteiger partial charge in [-0.1, -0.05) is 29.8 Å². The number of nitrogens with zero attached hydrogens (tertiary/aromatic N) is 2. The van der Waals surface area contributed by atoms with Crippen LogP contribution in [0, 0.1) is 0 Å². The Kier molecular flexibility index (Phi) is 5.76. The van der Waals surface area contributed by atoms with Gasteiger partial charge in [0, 0.05) is 25.7 Å². The van der Waals surface area contributed by atoms with Crippen molar-refractivity contribution in [2.45, 2.75) is 12.8 Å². The van der Waals surface area contributed by atoms with E-state index in [1.165, 1.54) is 17.0 Å². The summed E-state index contributed by atoms with van der Waals surface area (Å²) in [5.41, 5.74) is 1.44. The molecule has 0 saturated carbocycles. The smallest absolute Gasteiger partial charge is 0.338 e. The van der Waals surface area contributed by atoms with E-state index >= 15 is 0 Å². The van der Waals surface area contributed by atoms with E-state index in [-0.39, 0.29) is 24.0 Å². The highest BCUT2D eigenvalue weighted by Gasteiger charge is 2.25. The van der Waals surface area contributed by atoms with Crippen LogP contribution in [0.4, 0.5) is 11.4 Å². The molecule has 140 valence electrons. The number of hydrogen-bond acceptors (Lipinski definition) is 4. The zero-order valence-electron chi connectivity index (χ0n) is 14.9. The van der Waals surface area contributed by atoms with Gasteiger partial charge in [0.1, 0.15) is 0 Å². The molecular weight excluding hydrogens is 368 g/mol. The predicted molar refractivity (Wildman–Crippen MR) is 103 cm³/mol. The van der Waals surface area contributed by atoms with Gasteiger partial charge in [-0.3, -0.25) is 9.59 Å². The van der Waals surface area contributed by atoms with E-state index in [0.29, 0.717) is 29.4 Å². The maximum atomic E-state index is 12.3. The van der Waals surface area contributed by atoms with Crippen molar-refractivity contribution < 1.29 is 19.1 Å².